The maximum Gasteiger partial charge on any atom is 0.315 e. The van der Waals surface area contributed by atoms with Crippen molar-refractivity contribution in [3.05, 3.63) is 29.8 Å². The lowest BCUT2D eigenvalue weighted by molar-refractivity contribution is -0.129. The Morgan fingerprint density at radius 3 is 2.46 bits per heavy atom. The van der Waals surface area contributed by atoms with Gasteiger partial charge >= 0.3 is 6.03 Å². The van der Waals surface area contributed by atoms with Crippen LogP contribution in [0.4, 0.5) is 4.79 Å². The van der Waals surface area contributed by atoms with Crippen LogP contribution in [0.5, 0.6) is 0 Å². The van der Waals surface area contributed by atoms with Crippen molar-refractivity contribution in [2.45, 2.75) is 43.8 Å². The molecule has 0 radical (unpaired) electrons. The van der Waals surface area contributed by atoms with Gasteiger partial charge in [-0.15, -0.1) is 0 Å². The smallest absolute Gasteiger partial charge is 0.315 e. The molecule has 132 valence electrons. The maximum atomic E-state index is 11.9. The molecule has 1 aromatic rings. The number of benzene rings is 1. The molecule has 1 fully saturated rings. The van der Waals surface area contributed by atoms with Crippen molar-refractivity contribution in [2.24, 2.45) is 5.14 Å². The molecule has 9 heteroatoms. The average molecular weight is 354 g/mol. The minimum atomic E-state index is -3.72. The summed E-state index contributed by atoms with van der Waals surface area (Å²) in [6.45, 7) is 4.62. The van der Waals surface area contributed by atoms with Gasteiger partial charge in [0.1, 0.15) is 0 Å². The summed E-state index contributed by atoms with van der Waals surface area (Å²) in [7, 11) is -3.72. The summed E-state index contributed by atoms with van der Waals surface area (Å²) in [4.78, 5) is 25.5. The average Bonchev–Trinajstić information content (AvgIpc) is 2.85. The number of hydrogen-bond acceptors (Lipinski definition) is 4. The normalized spacial score (nSPS) is 18.1. The highest BCUT2D eigenvalue weighted by Crippen LogP contribution is 2.14. The lowest BCUT2D eigenvalue weighted by atomic mass is 10.2. The minimum absolute atomic E-state index is 0.0222. The van der Waals surface area contributed by atoms with Crippen molar-refractivity contribution in [3.63, 3.8) is 0 Å². The third-order valence-electron chi connectivity index (χ3n) is 3.82. The number of amides is 3. The highest BCUT2D eigenvalue weighted by atomic mass is 32.2. The van der Waals surface area contributed by atoms with E-state index in [4.69, 9.17) is 5.14 Å². The number of rotatable bonds is 5. The van der Waals surface area contributed by atoms with Gasteiger partial charge in [-0.2, -0.15) is 0 Å². The molecule has 1 saturated heterocycles. The number of carbonyl (C=O) groups is 2. The largest absolute Gasteiger partial charge is 0.338 e. The van der Waals surface area contributed by atoms with Crippen LogP contribution in [0.1, 0.15) is 25.8 Å². The quantitative estimate of drug-likeness (QED) is 0.696. The first-order valence-electron chi connectivity index (χ1n) is 7.62. The molecule has 0 aliphatic carbocycles. The summed E-state index contributed by atoms with van der Waals surface area (Å²) < 4.78 is 22.3. The van der Waals surface area contributed by atoms with Crippen molar-refractivity contribution in [3.8, 4) is 0 Å². The first-order valence-corrected chi connectivity index (χ1v) is 9.17. The molecule has 0 spiro atoms. The van der Waals surface area contributed by atoms with Crippen molar-refractivity contribution in [2.75, 3.05) is 6.54 Å². The number of likely N-dealkylation sites (tertiary alicyclic amines) is 1. The summed E-state index contributed by atoms with van der Waals surface area (Å²) in [6.07, 6.45) is 0.300. The van der Waals surface area contributed by atoms with Crippen LogP contribution >= 0.6 is 0 Å². The SMILES string of the molecule is CC(C)N1CC(NC(=O)NCc2ccc(S(N)(=O)=O)cc2)CC1=O. The maximum absolute atomic E-state index is 11.9. The van der Waals surface area contributed by atoms with Crippen LogP contribution in [0.2, 0.25) is 0 Å². The molecule has 1 aromatic carbocycles. The fourth-order valence-electron chi connectivity index (χ4n) is 2.54. The zero-order chi connectivity index (χ0) is 17.9. The van der Waals surface area contributed by atoms with E-state index < -0.39 is 10.0 Å². The minimum Gasteiger partial charge on any atom is -0.338 e. The Labute approximate surface area is 141 Å². The highest BCUT2D eigenvalue weighted by molar-refractivity contribution is 7.89. The van der Waals surface area contributed by atoms with Gasteiger partial charge in [-0.3, -0.25) is 4.79 Å². The predicted octanol–water partition coefficient (Wildman–Crippen LogP) is 0.143. The fourth-order valence-corrected chi connectivity index (χ4v) is 3.06. The summed E-state index contributed by atoms with van der Waals surface area (Å²) in [5, 5.41) is 10.5. The third kappa shape index (κ3) is 4.68. The number of carbonyl (C=O) groups excluding carboxylic acids is 2. The van der Waals surface area contributed by atoms with Crippen LogP contribution in [0, 0.1) is 0 Å². The Balaban J connectivity index is 1.83. The molecule has 4 N–H and O–H groups in total. The van der Waals surface area contributed by atoms with Crippen LogP contribution in [-0.2, 0) is 21.4 Å². The highest BCUT2D eigenvalue weighted by Gasteiger charge is 2.31. The molecule has 24 heavy (non-hydrogen) atoms. The molecule has 3 amide bonds. The van der Waals surface area contributed by atoms with E-state index in [-0.39, 0.29) is 35.5 Å². The van der Waals surface area contributed by atoms with Gasteiger partial charge in [-0.25, -0.2) is 18.4 Å². The van der Waals surface area contributed by atoms with E-state index in [1.54, 1.807) is 17.0 Å². The third-order valence-corrected chi connectivity index (χ3v) is 4.75. The number of hydrogen-bond donors (Lipinski definition) is 3. The Morgan fingerprint density at radius 2 is 1.96 bits per heavy atom. The van der Waals surface area contributed by atoms with Gasteiger partial charge in [0.2, 0.25) is 15.9 Å². The van der Waals surface area contributed by atoms with Gasteiger partial charge in [-0.1, -0.05) is 12.1 Å². The molecule has 1 atom stereocenters. The second kappa shape index (κ2) is 7.18. The van der Waals surface area contributed by atoms with E-state index in [2.05, 4.69) is 10.6 Å². The molecular formula is C15H22N4O4S. The van der Waals surface area contributed by atoms with Gasteiger partial charge in [0.15, 0.2) is 0 Å². The first kappa shape index (κ1) is 18.2. The molecule has 8 nitrogen and oxygen atoms in total. The van der Waals surface area contributed by atoms with Crippen molar-refractivity contribution in [1.29, 1.82) is 0 Å². The van der Waals surface area contributed by atoms with Crippen LogP contribution in [0.25, 0.3) is 0 Å². The van der Waals surface area contributed by atoms with Gasteiger partial charge < -0.3 is 15.5 Å². The standard InChI is InChI=1S/C15H22N4O4S/c1-10(2)19-9-12(7-14(19)20)18-15(21)17-8-11-3-5-13(6-4-11)24(16,22)23/h3-6,10,12H,7-9H2,1-2H3,(H2,16,22,23)(H2,17,18,21). The van der Waals surface area contributed by atoms with Gasteiger partial charge in [0.25, 0.3) is 0 Å². The first-order chi connectivity index (χ1) is 11.2. The molecule has 0 aromatic heterocycles. The Kier molecular flexibility index (Phi) is 5.45. The lowest BCUT2D eigenvalue weighted by Crippen LogP contribution is -2.43. The molecule has 0 bridgehead atoms. The number of primary sulfonamides is 1. The molecule has 1 unspecified atom stereocenters. The van der Waals surface area contributed by atoms with Crippen molar-refractivity contribution >= 4 is 22.0 Å². The Morgan fingerprint density at radius 1 is 1.33 bits per heavy atom. The van der Waals surface area contributed by atoms with Crippen LogP contribution in [0.3, 0.4) is 0 Å². The van der Waals surface area contributed by atoms with E-state index in [0.29, 0.717) is 13.0 Å². The van der Waals surface area contributed by atoms with Gasteiger partial charge in [0.05, 0.1) is 10.9 Å². The zero-order valence-corrected chi connectivity index (χ0v) is 14.5. The van der Waals surface area contributed by atoms with Crippen LogP contribution in [0.15, 0.2) is 29.2 Å². The van der Waals surface area contributed by atoms with E-state index >= 15 is 0 Å². The molecule has 0 saturated carbocycles. The van der Waals surface area contributed by atoms with E-state index in [0.717, 1.165) is 5.56 Å². The number of nitrogens with zero attached hydrogens (tertiary/aromatic N) is 1. The number of sulfonamides is 1. The van der Waals surface area contributed by atoms with E-state index in [9.17, 15) is 18.0 Å². The predicted molar refractivity (Wildman–Crippen MR) is 88.4 cm³/mol. The molecular weight excluding hydrogens is 332 g/mol. The molecule has 1 heterocycles. The second-order valence-corrected chi connectivity index (χ2v) is 7.62. The molecule has 1 aliphatic heterocycles. The topological polar surface area (TPSA) is 122 Å². The molecule has 1 aliphatic rings. The van der Waals surface area contributed by atoms with Crippen molar-refractivity contribution in [1.82, 2.24) is 15.5 Å². The zero-order valence-electron chi connectivity index (χ0n) is 13.7. The number of urea groups is 1. The summed E-state index contributed by atoms with van der Waals surface area (Å²) in [6, 6.07) is 5.49. The van der Waals surface area contributed by atoms with E-state index in [1.165, 1.54) is 12.1 Å². The lowest BCUT2D eigenvalue weighted by Gasteiger charge is -2.21. The van der Waals surface area contributed by atoms with Crippen LogP contribution in [-0.4, -0.2) is 43.9 Å². The summed E-state index contributed by atoms with van der Waals surface area (Å²) in [5.41, 5.74) is 0.740. The Hall–Kier alpha value is -2.13. The second-order valence-electron chi connectivity index (χ2n) is 6.06. The molecule has 2 rings (SSSR count). The Bertz CT molecular complexity index is 715. The number of nitrogens with two attached hydrogens (primary N) is 1. The summed E-state index contributed by atoms with van der Waals surface area (Å²) in [5.74, 6) is 0.0360. The van der Waals surface area contributed by atoms with E-state index in [1.807, 2.05) is 13.8 Å². The van der Waals surface area contributed by atoms with Gasteiger partial charge in [0, 0.05) is 25.6 Å². The monoisotopic (exact) mass is 354 g/mol. The van der Waals surface area contributed by atoms with Crippen LogP contribution < -0.4 is 15.8 Å². The summed E-state index contributed by atoms with van der Waals surface area (Å²) >= 11 is 0. The fraction of sp³-hybridized carbons (Fsp3) is 0.467. The number of nitrogens with one attached hydrogen (secondary N) is 2. The van der Waals surface area contributed by atoms with Crippen molar-refractivity contribution < 1.29 is 18.0 Å². The van der Waals surface area contributed by atoms with Gasteiger partial charge in [-0.05, 0) is 31.5 Å².